The van der Waals surface area contributed by atoms with Gasteiger partial charge in [0.1, 0.15) is 0 Å². The quantitative estimate of drug-likeness (QED) is 0.138. The summed E-state index contributed by atoms with van der Waals surface area (Å²) in [5.74, 6) is 0. The average molecular weight is 278 g/mol. The molecular formula is C8H24N4NaO3P. The Morgan fingerprint density at radius 2 is 1.94 bits per heavy atom. The Morgan fingerprint density at radius 3 is 2.47 bits per heavy atom. The van der Waals surface area contributed by atoms with Crippen LogP contribution in [0.3, 0.4) is 0 Å². The van der Waals surface area contributed by atoms with Crippen molar-refractivity contribution in [1.82, 2.24) is 10.6 Å². The Morgan fingerprint density at radius 1 is 1.29 bits per heavy atom. The van der Waals surface area contributed by atoms with Gasteiger partial charge in [-0.2, -0.15) is 5.48 Å². The third-order valence-electron chi connectivity index (χ3n) is 1.64. The molecule has 1 atom stereocenters. The third-order valence-corrected chi connectivity index (χ3v) is 3.14. The molecule has 0 saturated heterocycles. The van der Waals surface area contributed by atoms with Gasteiger partial charge >= 0.3 is 37.3 Å². The van der Waals surface area contributed by atoms with Crippen molar-refractivity contribution in [2.45, 2.75) is 19.8 Å². The van der Waals surface area contributed by atoms with E-state index in [2.05, 4.69) is 10.6 Å². The van der Waals surface area contributed by atoms with Gasteiger partial charge in [-0.3, -0.25) is 4.52 Å². The SMILES string of the molecule is CCCCOP(=O)(NCCN)ONCCN.[H-].[Na+]. The number of unbranched alkanes of at least 4 members (excludes halogenated alkanes) is 1. The van der Waals surface area contributed by atoms with E-state index in [4.69, 9.17) is 20.6 Å². The number of hydrogen-bond acceptors (Lipinski definition) is 6. The van der Waals surface area contributed by atoms with Crippen LogP contribution in [0.2, 0.25) is 0 Å². The average Bonchev–Trinajstić information content (AvgIpc) is 2.27. The van der Waals surface area contributed by atoms with Gasteiger partial charge in [0.2, 0.25) is 0 Å². The second-order valence-corrected chi connectivity index (χ2v) is 4.91. The van der Waals surface area contributed by atoms with Crippen LogP contribution >= 0.6 is 7.75 Å². The minimum Gasteiger partial charge on any atom is -1.00 e. The summed E-state index contributed by atoms with van der Waals surface area (Å²) in [6.45, 7) is 3.94. The van der Waals surface area contributed by atoms with Gasteiger partial charge in [-0.05, 0) is 6.42 Å². The molecule has 0 aliphatic rings. The van der Waals surface area contributed by atoms with Gasteiger partial charge in [0.15, 0.2) is 0 Å². The fraction of sp³-hybridized carbons (Fsp3) is 1.00. The molecular weight excluding hydrogens is 254 g/mol. The number of nitrogens with one attached hydrogen (secondary N) is 2. The van der Waals surface area contributed by atoms with E-state index in [-0.39, 0.29) is 31.0 Å². The molecule has 1 unspecified atom stereocenters. The van der Waals surface area contributed by atoms with Crippen molar-refractivity contribution in [3.63, 3.8) is 0 Å². The first-order valence-electron chi connectivity index (χ1n) is 5.49. The maximum Gasteiger partial charge on any atom is 1.00 e. The van der Waals surface area contributed by atoms with Crippen LogP contribution in [0, 0.1) is 0 Å². The second-order valence-electron chi connectivity index (χ2n) is 3.16. The molecule has 17 heavy (non-hydrogen) atoms. The summed E-state index contributed by atoms with van der Waals surface area (Å²) in [6.07, 6.45) is 1.79. The molecule has 0 aliphatic carbocycles. The number of rotatable bonds is 11. The van der Waals surface area contributed by atoms with E-state index < -0.39 is 7.75 Å². The molecule has 0 amide bonds. The second kappa shape index (κ2) is 13.4. The number of hydrogen-bond donors (Lipinski definition) is 4. The van der Waals surface area contributed by atoms with Crippen LogP contribution in [0.1, 0.15) is 21.2 Å². The zero-order chi connectivity index (χ0) is 12.3. The monoisotopic (exact) mass is 278 g/mol. The van der Waals surface area contributed by atoms with Crippen molar-refractivity contribution in [2.75, 3.05) is 32.8 Å². The van der Waals surface area contributed by atoms with Crippen LogP contribution in [0.25, 0.3) is 0 Å². The third kappa shape index (κ3) is 11.8. The van der Waals surface area contributed by atoms with E-state index in [1.54, 1.807) is 0 Å². The van der Waals surface area contributed by atoms with Crippen molar-refractivity contribution in [2.24, 2.45) is 11.5 Å². The van der Waals surface area contributed by atoms with E-state index in [0.717, 1.165) is 12.8 Å². The zero-order valence-corrected chi connectivity index (χ0v) is 13.7. The fourth-order valence-corrected chi connectivity index (χ4v) is 2.07. The molecule has 7 nitrogen and oxygen atoms in total. The van der Waals surface area contributed by atoms with Crippen molar-refractivity contribution < 1.29 is 44.7 Å². The molecule has 0 radical (unpaired) electrons. The van der Waals surface area contributed by atoms with Crippen molar-refractivity contribution in [3.8, 4) is 0 Å². The number of nitrogens with two attached hydrogens (primary N) is 2. The van der Waals surface area contributed by atoms with Gasteiger partial charge in [-0.1, -0.05) is 13.3 Å². The van der Waals surface area contributed by atoms with E-state index >= 15 is 0 Å². The Balaban J connectivity index is -0.00000112. The zero-order valence-electron chi connectivity index (χ0n) is 11.8. The molecule has 0 spiro atoms. The van der Waals surface area contributed by atoms with E-state index in [0.29, 0.717) is 32.8 Å². The van der Waals surface area contributed by atoms with Crippen LogP contribution < -0.4 is 51.6 Å². The predicted molar refractivity (Wildman–Crippen MR) is 64.8 cm³/mol. The molecule has 100 valence electrons. The molecule has 9 heteroatoms. The van der Waals surface area contributed by atoms with Crippen LogP contribution in [-0.2, 0) is 13.7 Å². The van der Waals surface area contributed by atoms with Crippen LogP contribution in [0.4, 0.5) is 0 Å². The minimum atomic E-state index is -3.29. The van der Waals surface area contributed by atoms with Gasteiger partial charge in [-0.15, -0.1) is 0 Å². The molecule has 0 rings (SSSR count). The Kier molecular flexibility index (Phi) is 16.0. The van der Waals surface area contributed by atoms with Gasteiger partial charge < -0.3 is 12.9 Å². The largest absolute Gasteiger partial charge is 1.00 e. The predicted octanol–water partition coefficient (Wildman–Crippen LogP) is -2.94. The molecule has 0 saturated carbocycles. The Labute approximate surface area is 127 Å². The molecule has 0 heterocycles. The standard InChI is InChI=1S/C8H23N4O3P.Na.H/c1-2-3-8-14-16(13,12-7-5-10)15-11-6-4-9;;/h11H,2-10H2,1H3,(H,12,13);;/q;+1;-1. The maximum absolute atomic E-state index is 12.0. The van der Waals surface area contributed by atoms with Crippen molar-refractivity contribution in [3.05, 3.63) is 0 Å². The molecule has 0 aromatic heterocycles. The maximum atomic E-state index is 12.0. The molecule has 0 bridgehead atoms. The smallest absolute Gasteiger partial charge is 1.00 e. The van der Waals surface area contributed by atoms with Crippen LogP contribution in [0.15, 0.2) is 0 Å². The summed E-state index contributed by atoms with van der Waals surface area (Å²) in [6, 6.07) is 0. The van der Waals surface area contributed by atoms with Crippen molar-refractivity contribution in [1.29, 1.82) is 0 Å². The van der Waals surface area contributed by atoms with E-state index in [9.17, 15) is 4.57 Å². The number of hydroxylamine groups is 1. The first kappa shape index (κ1) is 20.3. The van der Waals surface area contributed by atoms with E-state index in [1.165, 1.54) is 0 Å². The first-order chi connectivity index (χ1) is 7.68. The molecule has 0 fully saturated rings. The van der Waals surface area contributed by atoms with Gasteiger partial charge in [0, 0.05) is 26.2 Å². The molecule has 0 aliphatic heterocycles. The van der Waals surface area contributed by atoms with Gasteiger partial charge in [0.05, 0.1) is 6.61 Å². The van der Waals surface area contributed by atoms with Crippen LogP contribution in [-0.4, -0.2) is 32.8 Å². The Bertz CT molecular complexity index is 203. The normalized spacial score (nSPS) is 14.1. The van der Waals surface area contributed by atoms with E-state index in [1.807, 2.05) is 6.92 Å². The summed E-state index contributed by atoms with van der Waals surface area (Å²) in [4.78, 5) is 0. The summed E-state index contributed by atoms with van der Waals surface area (Å²) in [5.41, 5.74) is 13.1. The molecule has 0 aromatic carbocycles. The van der Waals surface area contributed by atoms with Gasteiger partial charge in [0.25, 0.3) is 0 Å². The fourth-order valence-electron chi connectivity index (χ4n) is 0.824. The summed E-state index contributed by atoms with van der Waals surface area (Å²) < 4.78 is 22.1. The van der Waals surface area contributed by atoms with Crippen LogP contribution in [0.5, 0.6) is 0 Å². The minimum absolute atomic E-state index is 0. The molecule has 6 N–H and O–H groups in total. The Hall–Kier alpha value is 0.990. The summed E-state index contributed by atoms with van der Waals surface area (Å²) in [7, 11) is -3.29. The summed E-state index contributed by atoms with van der Waals surface area (Å²) in [5, 5.41) is 2.65. The van der Waals surface area contributed by atoms with Crippen molar-refractivity contribution >= 4 is 7.75 Å². The van der Waals surface area contributed by atoms with Gasteiger partial charge in [-0.25, -0.2) is 14.3 Å². The summed E-state index contributed by atoms with van der Waals surface area (Å²) >= 11 is 0. The molecule has 0 aromatic rings. The topological polar surface area (TPSA) is 112 Å². The first-order valence-corrected chi connectivity index (χ1v) is 7.04.